The Hall–Kier alpha value is -0.830. The van der Waals surface area contributed by atoms with E-state index in [0.29, 0.717) is 12.2 Å². The molecule has 2 nitrogen and oxygen atoms in total. The Morgan fingerprint density at radius 3 is 3.00 bits per heavy atom. The Labute approximate surface area is 78.7 Å². The molecule has 0 N–H and O–H groups in total. The van der Waals surface area contributed by atoms with Gasteiger partial charge >= 0.3 is 5.97 Å². The van der Waals surface area contributed by atoms with Gasteiger partial charge in [-0.05, 0) is 24.6 Å². The third-order valence-corrected chi connectivity index (χ3v) is 2.82. The maximum absolute atomic E-state index is 11.1. The zero-order valence-corrected chi connectivity index (χ0v) is 8.14. The number of esters is 1. The van der Waals surface area contributed by atoms with Crippen LogP contribution in [0, 0.1) is 6.92 Å². The first-order valence-electron chi connectivity index (χ1n) is 3.64. The van der Waals surface area contributed by atoms with Crippen molar-refractivity contribution < 1.29 is 9.53 Å². The molecule has 0 bridgehead atoms. The molecule has 1 aromatic rings. The number of carbonyl (C=O) groups is 1. The van der Waals surface area contributed by atoms with E-state index < -0.39 is 0 Å². The zero-order chi connectivity index (χ0) is 8.72. The Morgan fingerprint density at radius 2 is 2.25 bits per heavy atom. The lowest BCUT2D eigenvalue weighted by Gasteiger charge is -1.99. The van der Waals surface area contributed by atoms with Gasteiger partial charge in [0.2, 0.25) is 0 Å². The van der Waals surface area contributed by atoms with Crippen LogP contribution in [-0.2, 0) is 11.3 Å². The number of hydrogen-bond acceptors (Lipinski definition) is 2. The van der Waals surface area contributed by atoms with Crippen LogP contribution in [0.15, 0.2) is 16.6 Å². The monoisotopic (exact) mass is 226 g/mol. The number of halogens is 1. The largest absolute Gasteiger partial charge is 0.457 e. The third kappa shape index (κ3) is 1.05. The van der Waals surface area contributed by atoms with Gasteiger partial charge in [-0.15, -0.1) is 0 Å². The third-order valence-electron chi connectivity index (χ3n) is 1.96. The lowest BCUT2D eigenvalue weighted by molar-refractivity contribution is 0.0535. The molecule has 1 heterocycles. The fraction of sp³-hybridized carbons (Fsp3) is 0.222. The van der Waals surface area contributed by atoms with Crippen molar-refractivity contribution in [3.63, 3.8) is 0 Å². The van der Waals surface area contributed by atoms with Crippen molar-refractivity contribution in [3.05, 3.63) is 33.3 Å². The summed E-state index contributed by atoms with van der Waals surface area (Å²) < 4.78 is 5.90. The summed E-state index contributed by atoms with van der Waals surface area (Å²) in [5, 5.41) is 0. The van der Waals surface area contributed by atoms with Crippen LogP contribution in [0.5, 0.6) is 0 Å². The molecule has 2 rings (SSSR count). The van der Waals surface area contributed by atoms with E-state index in [1.54, 1.807) is 0 Å². The summed E-state index contributed by atoms with van der Waals surface area (Å²) in [6, 6.07) is 3.80. The zero-order valence-electron chi connectivity index (χ0n) is 6.56. The highest BCUT2D eigenvalue weighted by atomic mass is 79.9. The van der Waals surface area contributed by atoms with E-state index >= 15 is 0 Å². The minimum absolute atomic E-state index is 0.208. The highest BCUT2D eigenvalue weighted by Crippen LogP contribution is 2.26. The SMILES string of the molecule is Cc1cc2c(cc1Br)COC2=O. The molecule has 1 aromatic carbocycles. The van der Waals surface area contributed by atoms with Crippen molar-refractivity contribution in [2.24, 2.45) is 0 Å². The van der Waals surface area contributed by atoms with Crippen molar-refractivity contribution in [3.8, 4) is 0 Å². The van der Waals surface area contributed by atoms with Gasteiger partial charge in [0.15, 0.2) is 0 Å². The first-order valence-corrected chi connectivity index (χ1v) is 4.44. The summed E-state index contributed by atoms with van der Waals surface area (Å²) in [5.74, 6) is -0.208. The highest BCUT2D eigenvalue weighted by molar-refractivity contribution is 9.10. The van der Waals surface area contributed by atoms with Crippen molar-refractivity contribution in [1.82, 2.24) is 0 Å². The minimum atomic E-state index is -0.208. The average molecular weight is 227 g/mol. The molecular formula is C9H7BrO2. The molecule has 12 heavy (non-hydrogen) atoms. The summed E-state index contributed by atoms with van der Waals surface area (Å²) in [7, 11) is 0. The first-order chi connectivity index (χ1) is 5.68. The van der Waals surface area contributed by atoms with E-state index in [2.05, 4.69) is 15.9 Å². The quantitative estimate of drug-likeness (QED) is 0.636. The number of carbonyl (C=O) groups excluding carboxylic acids is 1. The smallest absolute Gasteiger partial charge is 0.338 e. The minimum Gasteiger partial charge on any atom is -0.457 e. The molecule has 0 aromatic heterocycles. The summed E-state index contributed by atoms with van der Waals surface area (Å²) in [6.45, 7) is 2.36. The molecule has 0 fully saturated rings. The number of aryl methyl sites for hydroxylation is 1. The van der Waals surface area contributed by atoms with Crippen LogP contribution in [0.3, 0.4) is 0 Å². The van der Waals surface area contributed by atoms with E-state index in [1.807, 2.05) is 19.1 Å². The Balaban J connectivity index is 2.63. The van der Waals surface area contributed by atoms with Crippen molar-refractivity contribution >= 4 is 21.9 Å². The van der Waals surface area contributed by atoms with Gasteiger partial charge in [0.1, 0.15) is 6.61 Å². The van der Waals surface area contributed by atoms with Gasteiger partial charge < -0.3 is 4.74 Å². The Kier molecular flexibility index (Phi) is 1.68. The average Bonchev–Trinajstić information content (AvgIpc) is 2.35. The van der Waals surface area contributed by atoms with E-state index in [0.717, 1.165) is 15.6 Å². The van der Waals surface area contributed by atoms with Crippen molar-refractivity contribution in [2.45, 2.75) is 13.5 Å². The topological polar surface area (TPSA) is 26.3 Å². The second-order valence-electron chi connectivity index (χ2n) is 2.83. The lowest BCUT2D eigenvalue weighted by Crippen LogP contribution is -1.94. The molecule has 1 aliphatic rings. The maximum atomic E-state index is 11.1. The van der Waals surface area contributed by atoms with Gasteiger partial charge in [-0.3, -0.25) is 0 Å². The fourth-order valence-corrected chi connectivity index (χ4v) is 1.64. The van der Waals surface area contributed by atoms with Gasteiger partial charge in [0.25, 0.3) is 0 Å². The molecule has 0 saturated heterocycles. The number of rotatable bonds is 0. The van der Waals surface area contributed by atoms with Gasteiger partial charge in [0, 0.05) is 10.0 Å². The lowest BCUT2D eigenvalue weighted by atomic mass is 10.1. The van der Waals surface area contributed by atoms with Gasteiger partial charge in [-0.2, -0.15) is 0 Å². The summed E-state index contributed by atoms with van der Waals surface area (Å²) in [4.78, 5) is 11.1. The van der Waals surface area contributed by atoms with E-state index in [1.165, 1.54) is 0 Å². The van der Waals surface area contributed by atoms with E-state index in [9.17, 15) is 4.79 Å². The predicted molar refractivity (Wildman–Crippen MR) is 48.0 cm³/mol. The number of hydrogen-bond donors (Lipinski definition) is 0. The second kappa shape index (κ2) is 2.59. The molecule has 0 aliphatic carbocycles. The van der Waals surface area contributed by atoms with Crippen molar-refractivity contribution in [2.75, 3.05) is 0 Å². The van der Waals surface area contributed by atoms with Gasteiger partial charge in [0.05, 0.1) is 5.56 Å². The number of benzene rings is 1. The summed E-state index contributed by atoms with van der Waals surface area (Å²) in [6.07, 6.45) is 0. The standard InChI is InChI=1S/C9H7BrO2/c1-5-2-7-6(3-8(5)10)4-12-9(7)11/h2-3H,4H2,1H3. The molecule has 0 saturated carbocycles. The number of fused-ring (bicyclic) bond motifs is 1. The second-order valence-corrected chi connectivity index (χ2v) is 3.69. The molecular weight excluding hydrogens is 220 g/mol. The van der Waals surface area contributed by atoms with Gasteiger partial charge in [-0.25, -0.2) is 4.79 Å². The van der Waals surface area contributed by atoms with Crippen LogP contribution >= 0.6 is 15.9 Å². The normalized spacial score (nSPS) is 14.3. The van der Waals surface area contributed by atoms with Crippen LogP contribution in [0.1, 0.15) is 21.5 Å². The van der Waals surface area contributed by atoms with Gasteiger partial charge in [-0.1, -0.05) is 15.9 Å². The molecule has 1 aliphatic heterocycles. The van der Waals surface area contributed by atoms with Crippen LogP contribution < -0.4 is 0 Å². The molecule has 62 valence electrons. The molecule has 0 atom stereocenters. The van der Waals surface area contributed by atoms with E-state index in [4.69, 9.17) is 4.74 Å². The highest BCUT2D eigenvalue weighted by Gasteiger charge is 2.21. The predicted octanol–water partition coefficient (Wildman–Crippen LogP) is 2.43. The molecule has 0 unspecified atom stereocenters. The molecule has 0 radical (unpaired) electrons. The number of ether oxygens (including phenoxy) is 1. The summed E-state index contributed by atoms with van der Waals surface area (Å²) in [5.41, 5.74) is 2.74. The number of cyclic esters (lactones) is 1. The Morgan fingerprint density at radius 1 is 1.50 bits per heavy atom. The molecule has 0 amide bonds. The Bertz CT molecular complexity index is 358. The molecule has 0 spiro atoms. The van der Waals surface area contributed by atoms with Crippen LogP contribution in [0.2, 0.25) is 0 Å². The van der Waals surface area contributed by atoms with E-state index in [-0.39, 0.29) is 5.97 Å². The van der Waals surface area contributed by atoms with Crippen molar-refractivity contribution in [1.29, 1.82) is 0 Å². The van der Waals surface area contributed by atoms with Crippen LogP contribution in [-0.4, -0.2) is 5.97 Å². The van der Waals surface area contributed by atoms with Crippen LogP contribution in [0.4, 0.5) is 0 Å². The molecule has 3 heteroatoms. The fourth-order valence-electron chi connectivity index (χ4n) is 1.25. The van der Waals surface area contributed by atoms with Crippen LogP contribution in [0.25, 0.3) is 0 Å². The summed E-state index contributed by atoms with van der Waals surface area (Å²) >= 11 is 3.40. The maximum Gasteiger partial charge on any atom is 0.338 e. The first kappa shape index (κ1) is 7.80.